The molecule has 7 nitrogen and oxygen atoms in total. The summed E-state index contributed by atoms with van der Waals surface area (Å²) in [6, 6.07) is 5.34. The van der Waals surface area contributed by atoms with E-state index in [4.69, 9.17) is 14.9 Å². The largest absolute Gasteiger partial charge is 0.491 e. The van der Waals surface area contributed by atoms with Gasteiger partial charge in [-0.15, -0.1) is 0 Å². The van der Waals surface area contributed by atoms with Gasteiger partial charge in [-0.2, -0.15) is 0 Å². The van der Waals surface area contributed by atoms with E-state index in [-0.39, 0.29) is 13.2 Å². The lowest BCUT2D eigenvalue weighted by Crippen LogP contribution is -2.22. The van der Waals surface area contributed by atoms with E-state index in [1.807, 2.05) is 0 Å². The average Bonchev–Trinajstić information content (AvgIpc) is 2.75. The van der Waals surface area contributed by atoms with Gasteiger partial charge < -0.3 is 20.3 Å². The van der Waals surface area contributed by atoms with Gasteiger partial charge >= 0.3 is 6.03 Å². The minimum absolute atomic E-state index is 0.0174. The first-order valence-corrected chi connectivity index (χ1v) is 5.73. The van der Waals surface area contributed by atoms with E-state index in [1.54, 1.807) is 24.3 Å². The molecule has 0 bridgehead atoms. The number of carbonyl (C=O) groups excluding carboxylic acids is 2. The maximum Gasteiger partial charge on any atom is 0.322 e. The molecule has 1 aliphatic heterocycles. The molecular weight excluding hydrogens is 252 g/mol. The first kappa shape index (κ1) is 13.3. The Morgan fingerprint density at radius 1 is 1.26 bits per heavy atom. The molecule has 3 amide bonds. The molecule has 4 N–H and O–H groups in total. The van der Waals surface area contributed by atoms with Crippen molar-refractivity contribution in [3.8, 4) is 5.75 Å². The average molecular weight is 266 g/mol. The van der Waals surface area contributed by atoms with Gasteiger partial charge in [-0.25, -0.2) is 4.79 Å². The molecule has 102 valence electrons. The first-order valence-electron chi connectivity index (χ1n) is 5.73. The lowest BCUT2D eigenvalue weighted by Gasteiger charge is -2.11. The highest BCUT2D eigenvalue weighted by molar-refractivity contribution is 6.04. The Kier molecular flexibility index (Phi) is 3.98. The van der Waals surface area contributed by atoms with Crippen molar-refractivity contribution in [3.05, 3.63) is 29.8 Å². The fraction of sp³-hybridized carbons (Fsp3) is 0.333. The van der Waals surface area contributed by atoms with E-state index < -0.39 is 24.1 Å². The van der Waals surface area contributed by atoms with Crippen LogP contribution in [-0.2, 0) is 4.79 Å². The molecule has 0 aliphatic carbocycles. The summed E-state index contributed by atoms with van der Waals surface area (Å²) in [5.41, 5.74) is 0.637. The van der Waals surface area contributed by atoms with Crippen LogP contribution in [0.1, 0.15) is 11.6 Å². The first-order chi connectivity index (χ1) is 9.10. The Labute approximate surface area is 109 Å². The van der Waals surface area contributed by atoms with Gasteiger partial charge in [0.25, 0.3) is 5.91 Å². The van der Waals surface area contributed by atoms with E-state index >= 15 is 0 Å². The van der Waals surface area contributed by atoms with E-state index in [9.17, 15) is 9.59 Å². The van der Waals surface area contributed by atoms with Crippen molar-refractivity contribution in [3.63, 3.8) is 0 Å². The van der Waals surface area contributed by atoms with E-state index in [2.05, 4.69) is 10.6 Å². The number of nitrogens with one attached hydrogen (secondary N) is 2. The van der Waals surface area contributed by atoms with Crippen LogP contribution in [0.2, 0.25) is 0 Å². The van der Waals surface area contributed by atoms with Crippen LogP contribution in [-0.4, -0.2) is 41.5 Å². The van der Waals surface area contributed by atoms with Gasteiger partial charge in [0.05, 0.1) is 6.61 Å². The molecule has 1 fully saturated rings. The molecule has 0 spiro atoms. The molecule has 1 heterocycles. The third-order valence-corrected chi connectivity index (χ3v) is 2.64. The smallest absolute Gasteiger partial charge is 0.322 e. The number of ether oxygens (including phenoxy) is 1. The second-order valence-corrected chi connectivity index (χ2v) is 4.11. The second kappa shape index (κ2) is 5.68. The maximum absolute atomic E-state index is 11.4. The quantitative estimate of drug-likeness (QED) is 0.527. The van der Waals surface area contributed by atoms with Crippen molar-refractivity contribution in [2.75, 3.05) is 13.2 Å². The van der Waals surface area contributed by atoms with Gasteiger partial charge in [0.1, 0.15) is 24.5 Å². The summed E-state index contributed by atoms with van der Waals surface area (Å²) < 4.78 is 5.23. The molecule has 1 aromatic rings. The van der Waals surface area contributed by atoms with E-state index in [1.165, 1.54) is 0 Å². The van der Waals surface area contributed by atoms with Gasteiger partial charge in [0.15, 0.2) is 0 Å². The fourth-order valence-corrected chi connectivity index (χ4v) is 1.65. The molecule has 2 rings (SSSR count). The van der Waals surface area contributed by atoms with Crippen LogP contribution in [0.25, 0.3) is 0 Å². The highest BCUT2D eigenvalue weighted by Gasteiger charge is 2.30. The van der Waals surface area contributed by atoms with E-state index in [0.717, 1.165) is 0 Å². The van der Waals surface area contributed by atoms with Crippen LogP contribution >= 0.6 is 0 Å². The summed E-state index contributed by atoms with van der Waals surface area (Å²) >= 11 is 0. The molecule has 1 saturated heterocycles. The van der Waals surface area contributed by atoms with Gasteiger partial charge in [-0.3, -0.25) is 10.1 Å². The van der Waals surface area contributed by atoms with Gasteiger partial charge in [-0.05, 0) is 17.7 Å². The van der Waals surface area contributed by atoms with Crippen LogP contribution in [0, 0.1) is 0 Å². The normalized spacial score (nSPS) is 19.8. The number of urea groups is 1. The third-order valence-electron chi connectivity index (χ3n) is 2.64. The fourth-order valence-electron chi connectivity index (χ4n) is 1.65. The Bertz CT molecular complexity index is 474. The van der Waals surface area contributed by atoms with Gasteiger partial charge in [-0.1, -0.05) is 12.1 Å². The Morgan fingerprint density at radius 2 is 1.95 bits per heavy atom. The summed E-state index contributed by atoms with van der Waals surface area (Å²) in [5.74, 6) is 0.107. The Balaban J connectivity index is 1.98. The summed E-state index contributed by atoms with van der Waals surface area (Å²) in [7, 11) is 0. The molecule has 0 radical (unpaired) electrons. The molecule has 7 heteroatoms. The number of rotatable bonds is 5. The lowest BCUT2D eigenvalue weighted by atomic mass is 10.1. The van der Waals surface area contributed by atoms with Crippen molar-refractivity contribution in [1.82, 2.24) is 10.6 Å². The third kappa shape index (κ3) is 3.21. The molecule has 19 heavy (non-hydrogen) atoms. The van der Waals surface area contributed by atoms with Crippen molar-refractivity contribution < 1.29 is 24.5 Å². The SMILES string of the molecule is O=C1NC(=O)[C@@H](c2ccc(OC[C@H](O)CO)cc2)N1. The number of imide groups is 1. The molecule has 2 atom stereocenters. The van der Waals surface area contributed by atoms with Crippen LogP contribution in [0.3, 0.4) is 0 Å². The lowest BCUT2D eigenvalue weighted by molar-refractivity contribution is -0.120. The second-order valence-electron chi connectivity index (χ2n) is 4.11. The summed E-state index contributed by atoms with van der Waals surface area (Å²) in [6.45, 7) is -0.386. The van der Waals surface area contributed by atoms with Gasteiger partial charge in [0, 0.05) is 0 Å². The Morgan fingerprint density at radius 3 is 2.47 bits per heavy atom. The van der Waals surface area contributed by atoms with Gasteiger partial charge in [0.2, 0.25) is 0 Å². The zero-order valence-electron chi connectivity index (χ0n) is 10.00. The summed E-state index contributed by atoms with van der Waals surface area (Å²) in [5, 5.41) is 22.4. The van der Waals surface area contributed by atoms with Crippen LogP contribution in [0.5, 0.6) is 5.75 Å². The van der Waals surface area contributed by atoms with E-state index in [0.29, 0.717) is 11.3 Å². The highest BCUT2D eigenvalue weighted by atomic mass is 16.5. The molecule has 1 aliphatic rings. The molecule has 1 aromatic carbocycles. The molecule has 0 unspecified atom stereocenters. The Hall–Kier alpha value is -2.12. The number of benzene rings is 1. The maximum atomic E-state index is 11.4. The van der Waals surface area contributed by atoms with Crippen molar-refractivity contribution in [2.45, 2.75) is 12.1 Å². The zero-order valence-corrected chi connectivity index (χ0v) is 10.00. The van der Waals surface area contributed by atoms with Crippen molar-refractivity contribution in [2.24, 2.45) is 0 Å². The molecular formula is C12H14N2O5. The highest BCUT2D eigenvalue weighted by Crippen LogP contribution is 2.20. The number of aliphatic hydroxyl groups is 2. The standard InChI is InChI=1S/C12H14N2O5/c15-5-8(16)6-19-9-3-1-7(2-4-9)10-11(17)14-12(18)13-10/h1-4,8,10,15-16H,5-6H2,(H2,13,14,17,18)/t8-,10-/m1/s1. The number of carbonyl (C=O) groups is 2. The number of amides is 3. The molecule has 0 saturated carbocycles. The number of aliphatic hydroxyl groups excluding tert-OH is 2. The summed E-state index contributed by atoms with van der Waals surface area (Å²) in [4.78, 5) is 22.4. The van der Waals surface area contributed by atoms with Crippen LogP contribution < -0.4 is 15.4 Å². The van der Waals surface area contributed by atoms with Crippen molar-refractivity contribution >= 4 is 11.9 Å². The minimum Gasteiger partial charge on any atom is -0.491 e. The predicted molar refractivity (Wildman–Crippen MR) is 64.4 cm³/mol. The predicted octanol–water partition coefficient (Wildman–Crippen LogP) is -0.701. The topological polar surface area (TPSA) is 108 Å². The zero-order chi connectivity index (χ0) is 13.8. The number of hydrogen-bond donors (Lipinski definition) is 4. The number of hydrogen-bond acceptors (Lipinski definition) is 5. The van der Waals surface area contributed by atoms with Crippen molar-refractivity contribution in [1.29, 1.82) is 0 Å². The van der Waals surface area contributed by atoms with Crippen LogP contribution in [0.15, 0.2) is 24.3 Å². The van der Waals surface area contributed by atoms with Crippen LogP contribution in [0.4, 0.5) is 4.79 Å². The molecule has 0 aromatic heterocycles. The monoisotopic (exact) mass is 266 g/mol. The minimum atomic E-state index is -0.931. The summed E-state index contributed by atoms with van der Waals surface area (Å²) in [6.07, 6.45) is -0.931.